The predicted octanol–water partition coefficient (Wildman–Crippen LogP) is 1.77. The van der Waals surface area contributed by atoms with E-state index in [9.17, 15) is 0 Å². The van der Waals surface area contributed by atoms with E-state index in [1.165, 1.54) is 0 Å². The summed E-state index contributed by atoms with van der Waals surface area (Å²) in [6.45, 7) is 3.74. The molecule has 25 heavy (non-hydrogen) atoms. The molecule has 4 rings (SSSR count). The Hall–Kier alpha value is -2.22. The molecule has 1 aliphatic heterocycles. The first-order chi connectivity index (χ1) is 12.0. The van der Waals surface area contributed by atoms with Gasteiger partial charge in [-0.05, 0) is 49.9 Å². The number of nitrogens with two attached hydrogens (primary N) is 1. The molecule has 1 saturated heterocycles. The third-order valence-corrected chi connectivity index (χ3v) is 5.83. The van der Waals surface area contributed by atoms with Crippen molar-refractivity contribution in [3.05, 3.63) is 18.6 Å². The lowest BCUT2D eigenvalue weighted by Gasteiger charge is -2.28. The molecule has 2 fully saturated rings. The summed E-state index contributed by atoms with van der Waals surface area (Å²) in [5, 5.41) is 1.71. The Morgan fingerprint density at radius 3 is 2.76 bits per heavy atom. The third kappa shape index (κ3) is 2.95. The molecule has 8 heteroatoms. The van der Waals surface area contributed by atoms with Crippen molar-refractivity contribution in [2.75, 3.05) is 25.0 Å². The van der Waals surface area contributed by atoms with Gasteiger partial charge in [0, 0.05) is 32.4 Å². The van der Waals surface area contributed by atoms with E-state index in [2.05, 4.69) is 36.8 Å². The van der Waals surface area contributed by atoms with Crippen molar-refractivity contribution in [2.45, 2.75) is 25.8 Å². The summed E-state index contributed by atoms with van der Waals surface area (Å²) in [6.07, 6.45) is 5.86. The number of aliphatic imine (C=N–C) groups is 1. The van der Waals surface area contributed by atoms with E-state index in [1.807, 2.05) is 12.3 Å². The normalized spacial score (nSPS) is 26.2. The van der Waals surface area contributed by atoms with Gasteiger partial charge in [-0.2, -0.15) is 0 Å². The topological polar surface area (TPSA) is 86.4 Å². The van der Waals surface area contributed by atoms with E-state index in [4.69, 9.17) is 18.0 Å². The summed E-state index contributed by atoms with van der Waals surface area (Å²) in [5.74, 6) is 2.84. The molecule has 1 aliphatic carbocycles. The first kappa shape index (κ1) is 16.3. The highest BCUT2D eigenvalue weighted by molar-refractivity contribution is 7.80. The molecular formula is C17H23N7S. The Labute approximate surface area is 152 Å². The number of H-pyrrole nitrogens is 1. The molecule has 0 radical (unpaired) electrons. The van der Waals surface area contributed by atoms with Crippen LogP contribution in [0.1, 0.15) is 19.8 Å². The molecule has 1 saturated carbocycles. The minimum Gasteiger partial charge on any atom is -0.387 e. The number of thiocarbonyl (C=S) groups is 1. The molecular weight excluding hydrogens is 334 g/mol. The Balaban J connectivity index is 1.45. The SMILES string of the molecule is CC(N)=NC(=S)N1CC2CC(N(C)c3ncnc4[nH]ccc34)CC2C1. The van der Waals surface area contributed by atoms with Crippen molar-refractivity contribution in [3.8, 4) is 0 Å². The zero-order valence-corrected chi connectivity index (χ0v) is 15.3. The number of fused-ring (bicyclic) bond motifs is 2. The number of anilines is 1. The maximum absolute atomic E-state index is 5.65. The molecule has 3 N–H and O–H groups in total. The van der Waals surface area contributed by atoms with Gasteiger partial charge in [-0.1, -0.05) is 0 Å². The molecule has 0 aromatic carbocycles. The number of nitrogens with one attached hydrogen (secondary N) is 1. The largest absolute Gasteiger partial charge is 0.387 e. The number of aromatic amines is 1. The average Bonchev–Trinajstić information content (AvgIpc) is 3.26. The number of nitrogens with zero attached hydrogens (tertiary/aromatic N) is 5. The Morgan fingerprint density at radius 2 is 2.08 bits per heavy atom. The molecule has 2 aliphatic rings. The van der Waals surface area contributed by atoms with Crippen molar-refractivity contribution in [1.29, 1.82) is 0 Å². The van der Waals surface area contributed by atoms with Crippen LogP contribution in [-0.4, -0.2) is 57.0 Å². The van der Waals surface area contributed by atoms with Crippen LogP contribution in [0.4, 0.5) is 5.82 Å². The van der Waals surface area contributed by atoms with Crippen LogP contribution in [-0.2, 0) is 0 Å². The van der Waals surface area contributed by atoms with E-state index in [1.54, 1.807) is 13.3 Å². The van der Waals surface area contributed by atoms with Gasteiger partial charge >= 0.3 is 0 Å². The number of rotatable bonds is 2. The van der Waals surface area contributed by atoms with Crippen molar-refractivity contribution in [1.82, 2.24) is 19.9 Å². The Kier molecular flexibility index (Phi) is 4.07. The van der Waals surface area contributed by atoms with E-state index in [0.717, 1.165) is 42.8 Å². The fraction of sp³-hybridized carbons (Fsp3) is 0.529. The van der Waals surface area contributed by atoms with Gasteiger partial charge in [-0.15, -0.1) is 0 Å². The van der Waals surface area contributed by atoms with E-state index < -0.39 is 0 Å². The maximum atomic E-state index is 5.65. The zero-order valence-electron chi connectivity index (χ0n) is 14.5. The fourth-order valence-electron chi connectivity index (χ4n) is 4.27. The lowest BCUT2D eigenvalue weighted by molar-refractivity contribution is 0.447. The van der Waals surface area contributed by atoms with Crippen LogP contribution < -0.4 is 10.6 Å². The summed E-state index contributed by atoms with van der Waals surface area (Å²) < 4.78 is 0. The van der Waals surface area contributed by atoms with Gasteiger partial charge in [0.15, 0.2) is 5.11 Å². The van der Waals surface area contributed by atoms with Crippen LogP contribution in [0, 0.1) is 11.8 Å². The molecule has 3 heterocycles. The van der Waals surface area contributed by atoms with Crippen LogP contribution >= 0.6 is 12.2 Å². The second kappa shape index (κ2) is 6.25. The summed E-state index contributed by atoms with van der Waals surface area (Å²) in [7, 11) is 2.14. The molecule has 2 atom stereocenters. The molecule has 0 amide bonds. The molecule has 2 aromatic heterocycles. The number of hydrogen-bond donors (Lipinski definition) is 2. The number of hydrogen-bond acceptors (Lipinski definition) is 4. The standard InChI is InChI=1S/C17H23N7S/c1-10(18)22-17(25)24-7-11-5-13(6-12(11)8-24)23(2)16-14-3-4-19-15(14)20-9-21-16/h3-4,9,11-13H,5-8H2,1-2H3,(H2,18,22,25)(H,19,20,21). The van der Waals surface area contributed by atoms with Crippen LogP contribution in [0.25, 0.3) is 11.0 Å². The highest BCUT2D eigenvalue weighted by Crippen LogP contribution is 2.41. The van der Waals surface area contributed by atoms with Gasteiger partial charge in [0.05, 0.1) is 11.2 Å². The minimum atomic E-state index is 0.499. The van der Waals surface area contributed by atoms with Crippen LogP contribution in [0.5, 0.6) is 0 Å². The first-order valence-electron chi connectivity index (χ1n) is 8.63. The van der Waals surface area contributed by atoms with Crippen LogP contribution in [0.3, 0.4) is 0 Å². The monoisotopic (exact) mass is 357 g/mol. The summed E-state index contributed by atoms with van der Waals surface area (Å²) in [6, 6.07) is 2.54. The van der Waals surface area contributed by atoms with Gasteiger partial charge in [-0.3, -0.25) is 0 Å². The summed E-state index contributed by atoms with van der Waals surface area (Å²) in [4.78, 5) is 20.7. The Morgan fingerprint density at radius 1 is 1.36 bits per heavy atom. The van der Waals surface area contributed by atoms with E-state index in [-0.39, 0.29) is 0 Å². The summed E-state index contributed by atoms with van der Waals surface area (Å²) >= 11 is 5.40. The fourth-order valence-corrected chi connectivity index (χ4v) is 4.57. The van der Waals surface area contributed by atoms with Gasteiger partial charge in [0.1, 0.15) is 17.8 Å². The van der Waals surface area contributed by atoms with Gasteiger partial charge in [-0.25, -0.2) is 15.0 Å². The second-order valence-corrected chi connectivity index (χ2v) is 7.50. The number of amidine groups is 1. The van der Waals surface area contributed by atoms with Crippen molar-refractivity contribution in [2.24, 2.45) is 22.6 Å². The van der Waals surface area contributed by atoms with Gasteiger partial charge in [0.2, 0.25) is 0 Å². The van der Waals surface area contributed by atoms with E-state index >= 15 is 0 Å². The second-order valence-electron chi connectivity index (χ2n) is 7.13. The number of aromatic nitrogens is 3. The van der Waals surface area contributed by atoms with Crippen LogP contribution in [0.15, 0.2) is 23.6 Å². The smallest absolute Gasteiger partial charge is 0.197 e. The molecule has 2 aromatic rings. The minimum absolute atomic E-state index is 0.499. The van der Waals surface area contributed by atoms with Crippen molar-refractivity contribution in [3.63, 3.8) is 0 Å². The van der Waals surface area contributed by atoms with Crippen molar-refractivity contribution < 1.29 is 0 Å². The van der Waals surface area contributed by atoms with Gasteiger partial charge < -0.3 is 20.5 Å². The zero-order chi connectivity index (χ0) is 17.6. The third-order valence-electron chi connectivity index (χ3n) is 5.48. The molecule has 2 unspecified atom stereocenters. The molecule has 7 nitrogen and oxygen atoms in total. The molecule has 132 valence electrons. The Bertz CT molecular complexity index is 811. The quantitative estimate of drug-likeness (QED) is 0.484. The van der Waals surface area contributed by atoms with Gasteiger partial charge in [0.25, 0.3) is 0 Å². The molecule has 0 bridgehead atoms. The van der Waals surface area contributed by atoms with Crippen LogP contribution in [0.2, 0.25) is 0 Å². The highest BCUT2D eigenvalue weighted by Gasteiger charge is 2.43. The lowest BCUT2D eigenvalue weighted by atomic mass is 10.0. The van der Waals surface area contributed by atoms with Crippen molar-refractivity contribution >= 4 is 40.0 Å². The predicted molar refractivity (Wildman–Crippen MR) is 104 cm³/mol. The average molecular weight is 357 g/mol. The lowest BCUT2D eigenvalue weighted by Crippen LogP contribution is -2.34. The number of likely N-dealkylation sites (tertiary alicyclic amines) is 1. The maximum Gasteiger partial charge on any atom is 0.197 e. The molecule has 0 spiro atoms. The highest BCUT2D eigenvalue weighted by atomic mass is 32.1. The first-order valence-corrected chi connectivity index (χ1v) is 9.04. The summed E-state index contributed by atoms with van der Waals surface area (Å²) in [5.41, 5.74) is 6.54. The van der Waals surface area contributed by atoms with E-state index in [0.29, 0.717) is 28.8 Å².